The fourth-order valence-electron chi connectivity index (χ4n) is 1.57. The molecule has 0 radical (unpaired) electrons. The van der Waals surface area contributed by atoms with Crippen molar-refractivity contribution in [1.29, 1.82) is 0 Å². The van der Waals surface area contributed by atoms with Crippen LogP contribution < -0.4 is 10.0 Å². The van der Waals surface area contributed by atoms with Crippen LogP contribution in [-0.2, 0) is 16.4 Å². The molecule has 21 heavy (non-hydrogen) atoms. The zero-order chi connectivity index (χ0) is 15.5. The van der Waals surface area contributed by atoms with Gasteiger partial charge in [0.05, 0.1) is 5.02 Å². The molecule has 0 aliphatic rings. The summed E-state index contributed by atoms with van der Waals surface area (Å²) in [6, 6.07) is 1.33. The quantitative estimate of drug-likeness (QED) is 0.812. The fraction of sp³-hybridized carbons (Fsp3) is 0.364. The highest BCUT2D eigenvalue weighted by Crippen LogP contribution is 2.21. The molecule has 10 heteroatoms. The molecule has 2 aromatic heterocycles. The van der Waals surface area contributed by atoms with Gasteiger partial charge in [-0.3, -0.25) is 0 Å². The third kappa shape index (κ3) is 3.90. The molecular weight excluding hydrogens is 318 g/mol. The Morgan fingerprint density at radius 1 is 1.43 bits per heavy atom. The molecule has 0 aliphatic heterocycles. The number of aromatic nitrogens is 3. The first-order chi connectivity index (χ1) is 9.92. The minimum Gasteiger partial charge on any atom is -0.372 e. The smallest absolute Gasteiger partial charge is 0.242 e. The number of rotatable bonds is 6. The summed E-state index contributed by atoms with van der Waals surface area (Å²) in [4.78, 5) is 7.91. The Morgan fingerprint density at radius 3 is 2.76 bits per heavy atom. The van der Waals surface area contributed by atoms with Crippen LogP contribution in [0.15, 0.2) is 21.7 Å². The highest BCUT2D eigenvalue weighted by Gasteiger charge is 2.16. The Balaban J connectivity index is 2.02. The number of anilines is 1. The molecule has 114 valence electrons. The molecule has 0 bridgehead atoms. The normalized spacial score (nSPS) is 11.6. The molecule has 8 nitrogen and oxygen atoms in total. The Morgan fingerprint density at radius 2 is 2.19 bits per heavy atom. The number of nitrogens with zero attached hydrogens (tertiary/aromatic N) is 3. The summed E-state index contributed by atoms with van der Waals surface area (Å²) in [6.45, 7) is 1.81. The lowest BCUT2D eigenvalue weighted by Crippen LogP contribution is -2.26. The van der Waals surface area contributed by atoms with Crippen LogP contribution in [0.2, 0.25) is 5.02 Å². The Labute approximate surface area is 127 Å². The van der Waals surface area contributed by atoms with E-state index in [0.717, 1.165) is 0 Å². The van der Waals surface area contributed by atoms with Gasteiger partial charge in [-0.15, -0.1) is 0 Å². The van der Waals surface area contributed by atoms with Gasteiger partial charge in [0.25, 0.3) is 0 Å². The lowest BCUT2D eigenvalue weighted by Gasteiger charge is -2.07. The van der Waals surface area contributed by atoms with Gasteiger partial charge in [0.1, 0.15) is 10.7 Å². The highest BCUT2D eigenvalue weighted by atomic mass is 35.5. The molecule has 0 fully saturated rings. The van der Waals surface area contributed by atoms with Crippen molar-refractivity contribution in [3.05, 3.63) is 29.0 Å². The summed E-state index contributed by atoms with van der Waals surface area (Å²) in [5, 5.41) is 6.67. The summed E-state index contributed by atoms with van der Waals surface area (Å²) in [6.07, 6.45) is 1.56. The average Bonchev–Trinajstić information content (AvgIpc) is 2.84. The van der Waals surface area contributed by atoms with Crippen molar-refractivity contribution in [2.24, 2.45) is 0 Å². The molecule has 0 aliphatic carbocycles. The molecule has 2 aromatic rings. The van der Waals surface area contributed by atoms with Gasteiger partial charge in [0.15, 0.2) is 5.82 Å². The van der Waals surface area contributed by atoms with Gasteiger partial charge >= 0.3 is 0 Å². The second-order valence-corrected chi connectivity index (χ2v) is 6.30. The second kappa shape index (κ2) is 6.37. The molecule has 0 spiro atoms. The van der Waals surface area contributed by atoms with Crippen molar-refractivity contribution in [3.8, 4) is 0 Å². The lowest BCUT2D eigenvalue weighted by atomic mass is 10.4. The maximum absolute atomic E-state index is 12.1. The topological polar surface area (TPSA) is 110 Å². The van der Waals surface area contributed by atoms with Gasteiger partial charge in [-0.1, -0.05) is 16.8 Å². The molecule has 2 rings (SSSR count). The van der Waals surface area contributed by atoms with Crippen LogP contribution >= 0.6 is 11.6 Å². The zero-order valence-corrected chi connectivity index (χ0v) is 13.0. The molecule has 0 aromatic carbocycles. The summed E-state index contributed by atoms with van der Waals surface area (Å²) in [5.74, 6) is 1.29. The standard InChI is InChI=1S/C11H14ClN5O3S/c1-7-16-10(17-20-7)3-4-15-21(18,19)8-5-9(12)11(13-2)14-6-8/h5-6,15H,3-4H2,1-2H3,(H,13,14). The van der Waals surface area contributed by atoms with Crippen LogP contribution in [0.5, 0.6) is 0 Å². The van der Waals surface area contributed by atoms with Crippen molar-refractivity contribution in [2.75, 3.05) is 18.9 Å². The highest BCUT2D eigenvalue weighted by molar-refractivity contribution is 7.89. The number of nitrogens with one attached hydrogen (secondary N) is 2. The predicted octanol–water partition coefficient (Wildman–Crippen LogP) is 0.989. The molecule has 2 heterocycles. The van der Waals surface area contributed by atoms with E-state index in [-0.39, 0.29) is 16.5 Å². The van der Waals surface area contributed by atoms with E-state index in [0.29, 0.717) is 24.0 Å². The van der Waals surface area contributed by atoms with Gasteiger partial charge in [-0.05, 0) is 6.07 Å². The maximum atomic E-state index is 12.1. The summed E-state index contributed by atoms with van der Waals surface area (Å²) in [5.41, 5.74) is 0. The van der Waals surface area contributed by atoms with E-state index in [1.54, 1.807) is 14.0 Å². The molecule has 0 atom stereocenters. The Bertz CT molecular complexity index is 731. The van der Waals surface area contributed by atoms with Crippen LogP contribution in [0.1, 0.15) is 11.7 Å². The van der Waals surface area contributed by atoms with E-state index >= 15 is 0 Å². The monoisotopic (exact) mass is 331 g/mol. The van der Waals surface area contributed by atoms with Crippen LogP contribution in [0, 0.1) is 6.92 Å². The minimum atomic E-state index is -3.68. The molecule has 0 unspecified atom stereocenters. The van der Waals surface area contributed by atoms with Crippen molar-refractivity contribution < 1.29 is 12.9 Å². The molecule has 0 saturated heterocycles. The average molecular weight is 332 g/mol. The third-order valence-corrected chi connectivity index (χ3v) is 4.29. The summed E-state index contributed by atoms with van der Waals surface area (Å²) >= 11 is 5.92. The zero-order valence-electron chi connectivity index (χ0n) is 11.4. The first-order valence-electron chi connectivity index (χ1n) is 6.04. The third-order valence-electron chi connectivity index (χ3n) is 2.57. The van der Waals surface area contributed by atoms with Crippen molar-refractivity contribution >= 4 is 27.4 Å². The van der Waals surface area contributed by atoms with E-state index in [1.807, 2.05) is 0 Å². The van der Waals surface area contributed by atoms with Crippen LogP contribution in [0.4, 0.5) is 5.82 Å². The first-order valence-corrected chi connectivity index (χ1v) is 7.90. The lowest BCUT2D eigenvalue weighted by molar-refractivity contribution is 0.387. The number of sulfonamides is 1. The van der Waals surface area contributed by atoms with Gasteiger partial charge in [0, 0.05) is 33.1 Å². The predicted molar refractivity (Wildman–Crippen MR) is 76.7 cm³/mol. The van der Waals surface area contributed by atoms with Crippen molar-refractivity contribution in [2.45, 2.75) is 18.2 Å². The van der Waals surface area contributed by atoms with Gasteiger partial charge < -0.3 is 9.84 Å². The number of pyridine rings is 1. The maximum Gasteiger partial charge on any atom is 0.242 e. The van der Waals surface area contributed by atoms with Crippen molar-refractivity contribution in [3.63, 3.8) is 0 Å². The van der Waals surface area contributed by atoms with Gasteiger partial charge in [0.2, 0.25) is 15.9 Å². The van der Waals surface area contributed by atoms with E-state index in [1.165, 1.54) is 12.3 Å². The van der Waals surface area contributed by atoms with Crippen LogP contribution in [0.3, 0.4) is 0 Å². The van der Waals surface area contributed by atoms with Gasteiger partial charge in [-0.2, -0.15) is 4.98 Å². The largest absolute Gasteiger partial charge is 0.372 e. The summed E-state index contributed by atoms with van der Waals surface area (Å²) in [7, 11) is -2.04. The molecule has 2 N–H and O–H groups in total. The van der Waals surface area contributed by atoms with E-state index in [4.69, 9.17) is 16.1 Å². The van der Waals surface area contributed by atoms with Crippen LogP contribution in [0.25, 0.3) is 0 Å². The van der Waals surface area contributed by atoms with E-state index in [9.17, 15) is 8.42 Å². The van der Waals surface area contributed by atoms with Gasteiger partial charge in [-0.25, -0.2) is 18.1 Å². The number of hydrogen-bond acceptors (Lipinski definition) is 7. The first kappa shape index (κ1) is 15.7. The molecular formula is C11H14ClN5O3S. The molecule has 0 amide bonds. The second-order valence-electron chi connectivity index (χ2n) is 4.13. The number of aryl methyl sites for hydroxylation is 1. The van der Waals surface area contributed by atoms with E-state index < -0.39 is 10.0 Å². The van der Waals surface area contributed by atoms with Crippen LogP contribution in [-0.4, -0.2) is 37.1 Å². The summed E-state index contributed by atoms with van der Waals surface area (Å²) < 4.78 is 31.4. The Hall–Kier alpha value is -1.71. The SMILES string of the molecule is CNc1ncc(S(=O)(=O)NCCc2noc(C)n2)cc1Cl. The minimum absolute atomic E-state index is 0.00390. The Kier molecular flexibility index (Phi) is 4.76. The van der Waals surface area contributed by atoms with Crippen molar-refractivity contribution in [1.82, 2.24) is 19.8 Å². The fourth-order valence-corrected chi connectivity index (χ4v) is 2.90. The molecule has 0 saturated carbocycles. The number of hydrogen-bond donors (Lipinski definition) is 2. The number of halogens is 1. The van der Waals surface area contributed by atoms with E-state index in [2.05, 4.69) is 25.2 Å².